The van der Waals surface area contributed by atoms with Gasteiger partial charge < -0.3 is 16.0 Å². The van der Waals surface area contributed by atoms with Gasteiger partial charge in [0, 0.05) is 30.9 Å². The molecule has 3 heterocycles. The number of fused-ring (bicyclic) bond motifs is 2. The van der Waals surface area contributed by atoms with E-state index in [1.54, 1.807) is 30.1 Å². The molecule has 1 aromatic carbocycles. The number of rotatable bonds is 4. The number of nitrogens with zero attached hydrogens (tertiary/aromatic N) is 4. The number of anilines is 1. The third-order valence-corrected chi connectivity index (χ3v) is 5.96. The Morgan fingerprint density at radius 1 is 1.31 bits per heavy atom. The number of nitrogens with two attached hydrogens (primary N) is 1. The maximum absolute atomic E-state index is 13.2. The molecule has 1 aliphatic carbocycles. The number of halogens is 3. The molecule has 1 atom stereocenters. The molecule has 0 spiro atoms. The highest BCUT2D eigenvalue weighted by Crippen LogP contribution is 2.39. The fourth-order valence-corrected chi connectivity index (χ4v) is 4.26. The largest absolute Gasteiger partial charge is 0.434 e. The van der Waals surface area contributed by atoms with E-state index in [0.717, 1.165) is 19.0 Å². The molecule has 2 aliphatic rings. The summed E-state index contributed by atoms with van der Waals surface area (Å²) >= 11 is 0. The van der Waals surface area contributed by atoms with Crippen molar-refractivity contribution < 1.29 is 22.8 Å². The predicted octanol–water partition coefficient (Wildman–Crippen LogP) is 2.48. The Balaban J connectivity index is 1.54. The topological polar surface area (TPSA) is 106 Å². The van der Waals surface area contributed by atoms with Crippen LogP contribution in [0.15, 0.2) is 30.6 Å². The first-order valence-corrected chi connectivity index (χ1v) is 10.1. The third kappa shape index (κ3) is 3.15. The van der Waals surface area contributed by atoms with Gasteiger partial charge in [-0.1, -0.05) is 6.07 Å². The Morgan fingerprint density at radius 2 is 2.06 bits per heavy atom. The standard InChI is InChI=1S/C21H19F3N6O2/c1-26-19(31)16(10-2-3-10)30-8-12-6-11(4-5-13(12)20(30)32)14-7-27-18-17(25)28-15(9-29(14)18)21(22,23)24/h4-7,9-10,16H,2-3,8H2,1H3,(H2,25,28)(H,26,31). The van der Waals surface area contributed by atoms with E-state index < -0.39 is 17.9 Å². The normalized spacial score (nSPS) is 17.0. The summed E-state index contributed by atoms with van der Waals surface area (Å²) in [5.74, 6) is -0.606. The first-order valence-electron chi connectivity index (χ1n) is 10.1. The second-order valence-electron chi connectivity index (χ2n) is 8.05. The van der Waals surface area contributed by atoms with Crippen LogP contribution in [0.2, 0.25) is 0 Å². The zero-order chi connectivity index (χ0) is 22.8. The van der Waals surface area contributed by atoms with Gasteiger partial charge in [-0.25, -0.2) is 9.97 Å². The molecular weight excluding hydrogens is 425 g/mol. The number of hydrogen-bond donors (Lipinski definition) is 2. The van der Waals surface area contributed by atoms with Gasteiger partial charge >= 0.3 is 6.18 Å². The van der Waals surface area contributed by atoms with Gasteiger partial charge in [-0.2, -0.15) is 13.2 Å². The lowest BCUT2D eigenvalue weighted by molar-refractivity contribution is -0.141. The molecule has 8 nitrogen and oxygen atoms in total. The average molecular weight is 444 g/mol. The zero-order valence-electron chi connectivity index (χ0n) is 17.0. The van der Waals surface area contributed by atoms with Crippen LogP contribution in [0.4, 0.5) is 19.0 Å². The van der Waals surface area contributed by atoms with Gasteiger partial charge in [0.05, 0.1) is 11.9 Å². The molecule has 1 fully saturated rings. The van der Waals surface area contributed by atoms with E-state index in [1.807, 2.05) is 0 Å². The highest BCUT2D eigenvalue weighted by atomic mass is 19.4. The Labute approximate surface area is 180 Å². The van der Waals surface area contributed by atoms with E-state index in [2.05, 4.69) is 15.3 Å². The van der Waals surface area contributed by atoms with Crippen LogP contribution in [0.3, 0.4) is 0 Å². The molecule has 1 saturated carbocycles. The highest BCUT2D eigenvalue weighted by molar-refractivity contribution is 6.01. The zero-order valence-corrected chi connectivity index (χ0v) is 17.0. The maximum Gasteiger partial charge on any atom is 0.434 e. The quantitative estimate of drug-likeness (QED) is 0.643. The molecule has 0 saturated heterocycles. The number of imidazole rings is 1. The lowest BCUT2D eigenvalue weighted by Crippen LogP contribution is -2.47. The molecule has 166 valence electrons. The van der Waals surface area contributed by atoms with Gasteiger partial charge in [-0.15, -0.1) is 0 Å². The number of hydrogen-bond acceptors (Lipinski definition) is 5. The second kappa shape index (κ2) is 6.94. The van der Waals surface area contributed by atoms with Gasteiger partial charge in [0.2, 0.25) is 5.91 Å². The van der Waals surface area contributed by atoms with Crippen LogP contribution in [0.25, 0.3) is 16.9 Å². The summed E-state index contributed by atoms with van der Waals surface area (Å²) in [5, 5.41) is 2.63. The van der Waals surface area contributed by atoms with Crippen LogP contribution in [0.1, 0.15) is 34.5 Å². The van der Waals surface area contributed by atoms with Crippen molar-refractivity contribution in [3.05, 3.63) is 47.4 Å². The van der Waals surface area contributed by atoms with Crippen molar-refractivity contribution in [3.63, 3.8) is 0 Å². The van der Waals surface area contributed by atoms with Gasteiger partial charge in [0.1, 0.15) is 6.04 Å². The molecule has 1 aliphatic heterocycles. The van der Waals surface area contributed by atoms with Crippen LogP contribution in [0, 0.1) is 5.92 Å². The van der Waals surface area contributed by atoms with E-state index in [-0.39, 0.29) is 35.7 Å². The number of nitrogens with one attached hydrogen (secondary N) is 1. The van der Waals surface area contributed by atoms with E-state index in [1.165, 1.54) is 10.6 Å². The number of carbonyl (C=O) groups is 2. The highest BCUT2D eigenvalue weighted by Gasteiger charge is 2.44. The van der Waals surface area contributed by atoms with Crippen LogP contribution in [-0.2, 0) is 17.5 Å². The molecular formula is C21H19F3N6O2. The van der Waals surface area contributed by atoms with Crippen molar-refractivity contribution in [2.75, 3.05) is 12.8 Å². The van der Waals surface area contributed by atoms with Crippen molar-refractivity contribution in [1.29, 1.82) is 0 Å². The second-order valence-corrected chi connectivity index (χ2v) is 8.05. The maximum atomic E-state index is 13.2. The molecule has 3 aromatic rings. The van der Waals surface area contributed by atoms with Crippen molar-refractivity contribution in [1.82, 2.24) is 24.6 Å². The van der Waals surface area contributed by atoms with E-state index in [0.29, 0.717) is 22.4 Å². The Hall–Kier alpha value is -3.63. The monoisotopic (exact) mass is 444 g/mol. The lowest BCUT2D eigenvalue weighted by Gasteiger charge is -2.26. The minimum atomic E-state index is -4.66. The SMILES string of the molecule is CNC(=O)C(C1CC1)N1Cc2cc(-c3cnc4c(N)nc(C(F)(F)F)cn34)ccc2C1=O. The van der Waals surface area contributed by atoms with Crippen molar-refractivity contribution in [2.24, 2.45) is 5.92 Å². The van der Waals surface area contributed by atoms with Gasteiger partial charge in [-0.3, -0.25) is 14.0 Å². The van der Waals surface area contributed by atoms with Crippen LogP contribution < -0.4 is 11.1 Å². The molecule has 2 amide bonds. The number of nitrogen functional groups attached to an aromatic ring is 1. The summed E-state index contributed by atoms with van der Waals surface area (Å²) in [6, 6.07) is 4.50. The number of carbonyl (C=O) groups excluding carboxylic acids is 2. The Kier molecular flexibility index (Phi) is 4.40. The van der Waals surface area contributed by atoms with Crippen molar-refractivity contribution in [2.45, 2.75) is 31.6 Å². The smallest absolute Gasteiger partial charge is 0.381 e. The minimum Gasteiger partial charge on any atom is -0.381 e. The summed E-state index contributed by atoms with van der Waals surface area (Å²) in [5.41, 5.74) is 6.83. The molecule has 11 heteroatoms. The first kappa shape index (κ1) is 20.3. The van der Waals surface area contributed by atoms with Crippen molar-refractivity contribution >= 4 is 23.3 Å². The minimum absolute atomic E-state index is 0.111. The van der Waals surface area contributed by atoms with Crippen LogP contribution >= 0.6 is 0 Å². The first-order chi connectivity index (χ1) is 15.2. The van der Waals surface area contributed by atoms with E-state index >= 15 is 0 Å². The van der Waals surface area contributed by atoms with Gasteiger partial charge in [-0.05, 0) is 36.5 Å². The summed E-state index contributed by atoms with van der Waals surface area (Å²) in [4.78, 5) is 34.5. The number of benzene rings is 1. The third-order valence-electron chi connectivity index (χ3n) is 5.96. The fraction of sp³-hybridized carbons (Fsp3) is 0.333. The molecule has 3 N–H and O–H groups in total. The average Bonchev–Trinajstić information content (AvgIpc) is 3.40. The van der Waals surface area contributed by atoms with Gasteiger partial charge in [0.15, 0.2) is 17.2 Å². The Bertz CT molecular complexity index is 1260. The molecule has 32 heavy (non-hydrogen) atoms. The summed E-state index contributed by atoms with van der Waals surface area (Å²) < 4.78 is 40.9. The van der Waals surface area contributed by atoms with Gasteiger partial charge in [0.25, 0.3) is 5.91 Å². The van der Waals surface area contributed by atoms with E-state index in [4.69, 9.17) is 5.73 Å². The number of aromatic nitrogens is 3. The predicted molar refractivity (Wildman–Crippen MR) is 108 cm³/mol. The molecule has 0 bridgehead atoms. The molecule has 5 rings (SSSR count). The Morgan fingerprint density at radius 3 is 2.72 bits per heavy atom. The summed E-state index contributed by atoms with van der Waals surface area (Å²) in [7, 11) is 1.55. The van der Waals surface area contributed by atoms with Crippen LogP contribution in [-0.4, -0.2) is 44.2 Å². The molecule has 0 radical (unpaired) electrons. The summed E-state index contributed by atoms with van der Waals surface area (Å²) in [6.45, 7) is 0.255. The molecule has 2 aromatic heterocycles. The number of alkyl halides is 3. The number of amides is 2. The lowest BCUT2D eigenvalue weighted by atomic mass is 10.0. The van der Waals surface area contributed by atoms with Crippen molar-refractivity contribution in [3.8, 4) is 11.3 Å². The number of likely N-dealkylation sites (N-methyl/N-ethyl adjacent to an activating group) is 1. The van der Waals surface area contributed by atoms with E-state index in [9.17, 15) is 22.8 Å². The molecule has 1 unspecified atom stereocenters. The van der Waals surface area contributed by atoms with Crippen LogP contribution in [0.5, 0.6) is 0 Å². The summed E-state index contributed by atoms with van der Waals surface area (Å²) in [6.07, 6.45) is -0.605. The fourth-order valence-electron chi connectivity index (χ4n) is 4.26.